The van der Waals surface area contributed by atoms with E-state index in [0.29, 0.717) is 29.6 Å². The van der Waals surface area contributed by atoms with Crippen molar-refractivity contribution in [2.45, 2.75) is 63.3 Å². The molecule has 0 fully saturated rings. The van der Waals surface area contributed by atoms with E-state index < -0.39 is 37.1 Å². The number of rotatable bonds is 14. The van der Waals surface area contributed by atoms with E-state index in [1.54, 1.807) is 30.3 Å². The summed E-state index contributed by atoms with van der Waals surface area (Å²) in [5, 5.41) is 50.8. The molecule has 1 amide bonds. The monoisotopic (exact) mass is 595 g/mol. The number of carbonyl (C=O) groups excluding carboxylic acids is 1. The van der Waals surface area contributed by atoms with Crippen molar-refractivity contribution >= 4 is 28.7 Å². The summed E-state index contributed by atoms with van der Waals surface area (Å²) in [6, 6.07) is 8.55. The third-order valence-corrected chi connectivity index (χ3v) is 5.20. The average Bonchev–Trinajstić information content (AvgIpc) is 2.86. The molecule has 1 aromatic rings. The van der Waals surface area contributed by atoms with Crippen LogP contribution >= 0.6 is 22.6 Å². The molecule has 1 rings (SSSR count). The van der Waals surface area contributed by atoms with E-state index in [9.17, 15) is 25.2 Å². The van der Waals surface area contributed by atoms with Gasteiger partial charge in [0, 0.05) is 13.2 Å². The molecular weight excluding hydrogens is 557 g/mol. The summed E-state index contributed by atoms with van der Waals surface area (Å²) in [6.07, 6.45) is 3.51. The van der Waals surface area contributed by atoms with Gasteiger partial charge >= 0.3 is 6.09 Å². The Labute approximate surface area is 215 Å². The van der Waals surface area contributed by atoms with Gasteiger partial charge in [-0.2, -0.15) is 0 Å². The first-order chi connectivity index (χ1) is 16.4. The van der Waals surface area contributed by atoms with Crippen LogP contribution in [-0.4, -0.2) is 80.2 Å². The maximum absolute atomic E-state index is 10.8. The molecule has 0 saturated carbocycles. The number of aliphatic hydroxyl groups is 5. The molecule has 1 aromatic carbocycles. The summed E-state index contributed by atoms with van der Waals surface area (Å²) in [6.45, 7) is 1.52. The summed E-state index contributed by atoms with van der Waals surface area (Å²) in [7, 11) is 0. The lowest BCUT2D eigenvalue weighted by Gasteiger charge is -2.40. The number of aliphatic hydroxyl groups excluding tert-OH is 5. The van der Waals surface area contributed by atoms with Gasteiger partial charge in [-0.1, -0.05) is 67.0 Å². The fraction of sp³-hybridized carbons (Fsp3) is 0.625. The third-order valence-electron chi connectivity index (χ3n) is 4.82. The molecule has 3 atom stereocenters. The second-order valence-corrected chi connectivity index (χ2v) is 8.16. The van der Waals surface area contributed by atoms with Gasteiger partial charge in [-0.15, -0.1) is 0 Å². The fourth-order valence-corrected chi connectivity index (χ4v) is 3.00. The molecule has 0 aromatic heterocycles. The number of halogens is 1. The van der Waals surface area contributed by atoms with Crippen LogP contribution in [0.2, 0.25) is 0 Å². The maximum Gasteiger partial charge on any atom is 0.421 e. The number of unbranched alkanes of at least 4 members (excludes halogenated alkanes) is 3. The molecular formula is C24H38INO8. The van der Waals surface area contributed by atoms with E-state index in [0.717, 1.165) is 19.3 Å². The molecule has 0 bridgehead atoms. The number of ether oxygens (including phenoxy) is 2. The maximum atomic E-state index is 10.8. The van der Waals surface area contributed by atoms with Crippen LogP contribution in [0.5, 0.6) is 5.75 Å². The van der Waals surface area contributed by atoms with Crippen LogP contribution in [0, 0.1) is 12.0 Å². The standard InChI is InChI=1S/C16H26O6.C8H12INO2/c17-10-6-2-5-9-14(20)16(12-19,15(21)11-18)22-13-7-3-1-4-8-13;1-2-3-6-10-8(11)12-7-4-5-9/h1,3-4,7-8,14-15,17-21H,2,5-6,9-12H2;2-3,5-6H2,1H3,(H,10,11). The summed E-state index contributed by atoms with van der Waals surface area (Å²) >= 11 is 2.08. The second-order valence-electron chi connectivity index (χ2n) is 7.40. The van der Waals surface area contributed by atoms with Crippen molar-refractivity contribution in [3.05, 3.63) is 30.3 Å². The Bertz CT molecular complexity index is 697. The van der Waals surface area contributed by atoms with Gasteiger partial charge in [0.1, 0.15) is 18.0 Å². The van der Waals surface area contributed by atoms with E-state index in [4.69, 9.17) is 9.84 Å². The number of para-hydroxylation sites is 1. The summed E-state index contributed by atoms with van der Waals surface area (Å²) in [5.41, 5.74) is -1.69. The largest absolute Gasteiger partial charge is 0.479 e. The molecule has 0 heterocycles. The van der Waals surface area contributed by atoms with Gasteiger partial charge in [0.25, 0.3) is 0 Å². The van der Waals surface area contributed by atoms with Crippen molar-refractivity contribution in [3.8, 4) is 17.8 Å². The molecule has 194 valence electrons. The van der Waals surface area contributed by atoms with Gasteiger partial charge in [-0.05, 0) is 37.3 Å². The Balaban J connectivity index is 0.000000770. The van der Waals surface area contributed by atoms with Crippen molar-refractivity contribution < 1.29 is 39.8 Å². The number of nitrogens with one attached hydrogen (secondary N) is 1. The van der Waals surface area contributed by atoms with Gasteiger partial charge in [0.05, 0.1) is 23.7 Å². The van der Waals surface area contributed by atoms with Crippen LogP contribution in [0.25, 0.3) is 0 Å². The third kappa shape index (κ3) is 13.3. The number of carbonyl (C=O) groups is 1. The molecule has 0 aliphatic carbocycles. The second kappa shape index (κ2) is 20.7. The number of amides is 1. The van der Waals surface area contributed by atoms with Gasteiger partial charge in [0.2, 0.25) is 0 Å². The van der Waals surface area contributed by atoms with E-state index in [1.807, 2.05) is 0 Å². The number of alkyl halides is 1. The Kier molecular flexibility index (Phi) is 19.7. The van der Waals surface area contributed by atoms with Crippen LogP contribution in [0.3, 0.4) is 0 Å². The highest BCUT2D eigenvalue weighted by molar-refractivity contribution is 14.1. The van der Waals surface area contributed by atoms with Crippen molar-refractivity contribution in [3.63, 3.8) is 0 Å². The topological polar surface area (TPSA) is 149 Å². The molecule has 0 radical (unpaired) electrons. The molecule has 0 spiro atoms. The van der Waals surface area contributed by atoms with Crippen LogP contribution in [0.1, 0.15) is 45.4 Å². The van der Waals surface area contributed by atoms with Crippen LogP contribution in [-0.2, 0) is 4.74 Å². The minimum atomic E-state index is -1.69. The number of hydrogen-bond acceptors (Lipinski definition) is 8. The first-order valence-corrected chi connectivity index (χ1v) is 12.9. The van der Waals surface area contributed by atoms with Gasteiger partial charge in [0.15, 0.2) is 5.60 Å². The predicted octanol–water partition coefficient (Wildman–Crippen LogP) is 1.97. The molecule has 0 aliphatic rings. The van der Waals surface area contributed by atoms with Crippen LogP contribution in [0.4, 0.5) is 4.79 Å². The van der Waals surface area contributed by atoms with E-state index in [-0.39, 0.29) is 13.0 Å². The van der Waals surface area contributed by atoms with Crippen LogP contribution < -0.4 is 10.1 Å². The van der Waals surface area contributed by atoms with Crippen molar-refractivity contribution in [2.24, 2.45) is 0 Å². The predicted molar refractivity (Wildman–Crippen MR) is 138 cm³/mol. The Morgan fingerprint density at radius 2 is 1.79 bits per heavy atom. The van der Waals surface area contributed by atoms with Crippen molar-refractivity contribution in [1.82, 2.24) is 5.32 Å². The molecule has 6 N–H and O–H groups in total. The zero-order chi connectivity index (χ0) is 25.7. The fourth-order valence-electron chi connectivity index (χ4n) is 2.85. The molecule has 10 heteroatoms. The normalized spacial score (nSPS) is 13.7. The molecule has 3 unspecified atom stereocenters. The van der Waals surface area contributed by atoms with E-state index >= 15 is 0 Å². The quantitative estimate of drug-likeness (QED) is 0.0828. The molecule has 34 heavy (non-hydrogen) atoms. The highest BCUT2D eigenvalue weighted by Gasteiger charge is 2.46. The minimum absolute atomic E-state index is 0.0843. The SMILES string of the molecule is CCCCNC(=O)OC#CCI.OCCCCCC(O)C(CO)(Oc1ccccc1)C(O)CO. The first kappa shape index (κ1) is 32.4. The lowest BCUT2D eigenvalue weighted by atomic mass is 9.87. The Hall–Kier alpha value is -1.62. The molecule has 9 nitrogen and oxygen atoms in total. The highest BCUT2D eigenvalue weighted by Crippen LogP contribution is 2.27. The summed E-state index contributed by atoms with van der Waals surface area (Å²) in [5.74, 6) is 3.01. The van der Waals surface area contributed by atoms with Gasteiger partial charge in [-0.3, -0.25) is 0 Å². The highest BCUT2D eigenvalue weighted by atomic mass is 127. The number of alkyl carbamates (subject to hydrolysis) is 1. The van der Waals surface area contributed by atoms with Gasteiger partial charge in [-0.25, -0.2) is 4.79 Å². The number of hydrogen-bond donors (Lipinski definition) is 6. The average molecular weight is 595 g/mol. The zero-order valence-corrected chi connectivity index (χ0v) is 21.8. The first-order valence-electron chi connectivity index (χ1n) is 11.3. The Morgan fingerprint density at radius 3 is 2.35 bits per heavy atom. The van der Waals surface area contributed by atoms with E-state index in [1.165, 1.54) is 0 Å². The minimum Gasteiger partial charge on any atom is -0.479 e. The summed E-state index contributed by atoms with van der Waals surface area (Å²) < 4.78 is 10.8. The zero-order valence-electron chi connectivity index (χ0n) is 19.7. The van der Waals surface area contributed by atoms with E-state index in [2.05, 4.69) is 51.6 Å². The smallest absolute Gasteiger partial charge is 0.421 e. The van der Waals surface area contributed by atoms with Crippen molar-refractivity contribution in [1.29, 1.82) is 0 Å². The van der Waals surface area contributed by atoms with Gasteiger partial charge < -0.3 is 40.3 Å². The summed E-state index contributed by atoms with van der Waals surface area (Å²) in [4.78, 5) is 10.8. The molecule has 0 saturated heterocycles. The lowest BCUT2D eigenvalue weighted by molar-refractivity contribution is -0.163. The van der Waals surface area contributed by atoms with Crippen LogP contribution in [0.15, 0.2) is 30.3 Å². The number of benzene rings is 1. The van der Waals surface area contributed by atoms with Crippen molar-refractivity contribution in [2.75, 3.05) is 30.8 Å². The lowest BCUT2D eigenvalue weighted by Crippen LogP contribution is -2.60. The molecule has 0 aliphatic heterocycles. The Morgan fingerprint density at radius 1 is 1.09 bits per heavy atom.